The van der Waals surface area contributed by atoms with E-state index in [2.05, 4.69) is 54.6 Å². The molecule has 0 radical (unpaired) electrons. The van der Waals surface area contributed by atoms with Crippen molar-refractivity contribution in [1.82, 2.24) is 0 Å². The largest absolute Gasteiger partial charge is 0.330 e. The number of benzene rings is 2. The van der Waals surface area contributed by atoms with Crippen LogP contribution in [-0.4, -0.2) is 11.8 Å². The van der Waals surface area contributed by atoms with Crippen molar-refractivity contribution in [1.29, 1.82) is 0 Å². The van der Waals surface area contributed by atoms with Crippen LogP contribution in [0.25, 0.3) is 0 Å². The number of hydrogen-bond donors (Lipinski definition) is 1. The van der Waals surface area contributed by atoms with E-state index in [1.165, 1.54) is 28.9 Å². The fourth-order valence-electron chi connectivity index (χ4n) is 2.80. The minimum atomic E-state index is 0.480. The molecule has 1 aliphatic heterocycles. The van der Waals surface area contributed by atoms with Gasteiger partial charge in [-0.3, -0.25) is 0 Å². The van der Waals surface area contributed by atoms with Crippen molar-refractivity contribution in [3.63, 3.8) is 0 Å². The molecule has 2 aromatic carbocycles. The highest BCUT2D eigenvalue weighted by molar-refractivity contribution is 8.00. The van der Waals surface area contributed by atoms with Crippen LogP contribution in [0.2, 0.25) is 0 Å². The first-order chi connectivity index (χ1) is 9.36. The van der Waals surface area contributed by atoms with E-state index in [9.17, 15) is 0 Å². The molecular weight excluding hydrogens is 250 g/mol. The van der Waals surface area contributed by atoms with Crippen LogP contribution >= 0.6 is 11.8 Å². The highest BCUT2D eigenvalue weighted by Gasteiger charge is 2.24. The van der Waals surface area contributed by atoms with E-state index < -0.39 is 0 Å². The molecular formula is C17H19NS. The van der Waals surface area contributed by atoms with E-state index in [0.717, 1.165) is 6.54 Å². The van der Waals surface area contributed by atoms with Gasteiger partial charge in [-0.25, -0.2) is 0 Å². The molecule has 1 heterocycles. The molecule has 2 aromatic rings. The zero-order chi connectivity index (χ0) is 13.1. The SMILES string of the molecule is NCC(CC1Cc2ccccc2S1)c1ccccc1. The Balaban J connectivity index is 1.69. The van der Waals surface area contributed by atoms with E-state index in [4.69, 9.17) is 5.73 Å². The lowest BCUT2D eigenvalue weighted by molar-refractivity contribution is 0.614. The molecule has 1 nitrogen and oxygen atoms in total. The molecule has 0 spiro atoms. The Morgan fingerprint density at radius 3 is 2.53 bits per heavy atom. The predicted molar refractivity (Wildman–Crippen MR) is 82.6 cm³/mol. The molecule has 0 saturated carbocycles. The molecule has 0 fully saturated rings. The normalized spacial score (nSPS) is 19.1. The summed E-state index contributed by atoms with van der Waals surface area (Å²) in [5.74, 6) is 0.480. The first kappa shape index (κ1) is 12.8. The summed E-state index contributed by atoms with van der Waals surface area (Å²) in [7, 11) is 0. The van der Waals surface area contributed by atoms with Gasteiger partial charge in [0.25, 0.3) is 0 Å². The first-order valence-corrected chi connectivity index (χ1v) is 7.74. The molecule has 2 N–H and O–H groups in total. The van der Waals surface area contributed by atoms with Crippen molar-refractivity contribution >= 4 is 11.8 Å². The van der Waals surface area contributed by atoms with E-state index in [0.29, 0.717) is 11.2 Å². The minimum Gasteiger partial charge on any atom is -0.330 e. The molecule has 0 aliphatic carbocycles. The van der Waals surface area contributed by atoms with Crippen molar-refractivity contribution in [2.45, 2.75) is 28.9 Å². The summed E-state index contributed by atoms with van der Waals surface area (Å²) in [4.78, 5) is 1.45. The molecule has 2 atom stereocenters. The molecule has 19 heavy (non-hydrogen) atoms. The summed E-state index contributed by atoms with van der Waals surface area (Å²) in [5.41, 5.74) is 8.86. The van der Waals surface area contributed by atoms with Crippen LogP contribution in [0.15, 0.2) is 59.5 Å². The molecule has 2 unspecified atom stereocenters. The lowest BCUT2D eigenvalue weighted by atomic mass is 9.92. The average molecular weight is 269 g/mol. The Morgan fingerprint density at radius 1 is 1.05 bits per heavy atom. The third-order valence-corrected chi connectivity index (χ3v) is 5.16. The van der Waals surface area contributed by atoms with Gasteiger partial charge in [-0.15, -0.1) is 11.8 Å². The number of rotatable bonds is 4. The maximum atomic E-state index is 5.98. The maximum absolute atomic E-state index is 5.98. The van der Waals surface area contributed by atoms with Gasteiger partial charge in [0.05, 0.1) is 0 Å². The standard InChI is InChI=1S/C17H19NS/c18-12-15(13-6-2-1-3-7-13)11-16-10-14-8-4-5-9-17(14)19-16/h1-9,15-16H,10-12,18H2. The monoisotopic (exact) mass is 269 g/mol. The summed E-state index contributed by atoms with van der Waals surface area (Å²) in [5, 5.41) is 0.672. The Kier molecular flexibility index (Phi) is 3.90. The summed E-state index contributed by atoms with van der Waals surface area (Å²) >= 11 is 2.02. The lowest BCUT2D eigenvalue weighted by Gasteiger charge is -2.18. The highest BCUT2D eigenvalue weighted by Crippen LogP contribution is 2.40. The van der Waals surface area contributed by atoms with Crippen LogP contribution in [0.4, 0.5) is 0 Å². The van der Waals surface area contributed by atoms with Crippen molar-refractivity contribution in [3.8, 4) is 0 Å². The van der Waals surface area contributed by atoms with Crippen LogP contribution < -0.4 is 5.73 Å². The van der Waals surface area contributed by atoms with Gasteiger partial charge in [0, 0.05) is 10.1 Å². The van der Waals surface area contributed by atoms with Gasteiger partial charge in [0.1, 0.15) is 0 Å². The average Bonchev–Trinajstić information content (AvgIpc) is 2.88. The zero-order valence-corrected chi connectivity index (χ0v) is 11.8. The third kappa shape index (κ3) is 2.85. The topological polar surface area (TPSA) is 26.0 Å². The molecule has 0 bridgehead atoms. The smallest absolute Gasteiger partial charge is 0.0142 e. The van der Waals surface area contributed by atoms with Crippen LogP contribution in [0.1, 0.15) is 23.5 Å². The summed E-state index contributed by atoms with van der Waals surface area (Å²) in [6.07, 6.45) is 2.35. The van der Waals surface area contributed by atoms with Gasteiger partial charge in [0.15, 0.2) is 0 Å². The van der Waals surface area contributed by atoms with Gasteiger partial charge in [-0.1, -0.05) is 48.5 Å². The second-order valence-electron chi connectivity index (χ2n) is 5.13. The van der Waals surface area contributed by atoms with Gasteiger partial charge in [-0.2, -0.15) is 0 Å². The number of nitrogens with two attached hydrogens (primary N) is 1. The van der Waals surface area contributed by atoms with E-state index in [1.807, 2.05) is 11.8 Å². The molecule has 98 valence electrons. The van der Waals surface area contributed by atoms with Gasteiger partial charge >= 0.3 is 0 Å². The first-order valence-electron chi connectivity index (χ1n) is 6.86. The Labute approximate surface area is 119 Å². The summed E-state index contributed by atoms with van der Waals surface area (Å²) < 4.78 is 0. The summed E-state index contributed by atoms with van der Waals surface area (Å²) in [6, 6.07) is 19.4. The van der Waals surface area contributed by atoms with Crippen LogP contribution in [0.5, 0.6) is 0 Å². The second-order valence-corrected chi connectivity index (χ2v) is 6.47. The Hall–Kier alpha value is -1.25. The number of thioether (sulfide) groups is 1. The maximum Gasteiger partial charge on any atom is 0.0142 e. The van der Waals surface area contributed by atoms with Crippen LogP contribution in [0, 0.1) is 0 Å². The Bertz CT molecular complexity index is 513. The third-order valence-electron chi connectivity index (χ3n) is 3.82. The van der Waals surface area contributed by atoms with E-state index in [-0.39, 0.29) is 0 Å². The van der Waals surface area contributed by atoms with Gasteiger partial charge in [-0.05, 0) is 42.5 Å². The molecule has 2 heteroatoms. The fraction of sp³-hybridized carbons (Fsp3) is 0.294. The Morgan fingerprint density at radius 2 is 1.79 bits per heavy atom. The van der Waals surface area contributed by atoms with Crippen molar-refractivity contribution in [3.05, 3.63) is 65.7 Å². The predicted octanol–water partition coefficient (Wildman–Crippen LogP) is 3.84. The zero-order valence-electron chi connectivity index (χ0n) is 11.0. The number of fused-ring (bicyclic) bond motifs is 1. The minimum absolute atomic E-state index is 0.480. The lowest BCUT2D eigenvalue weighted by Crippen LogP contribution is -2.17. The van der Waals surface area contributed by atoms with Crippen LogP contribution in [-0.2, 0) is 6.42 Å². The van der Waals surface area contributed by atoms with Crippen molar-refractivity contribution in [2.75, 3.05) is 6.54 Å². The van der Waals surface area contributed by atoms with Crippen molar-refractivity contribution < 1.29 is 0 Å². The summed E-state index contributed by atoms with van der Waals surface area (Å²) in [6.45, 7) is 0.734. The van der Waals surface area contributed by atoms with Gasteiger partial charge < -0.3 is 5.73 Å². The van der Waals surface area contributed by atoms with Gasteiger partial charge in [0.2, 0.25) is 0 Å². The number of hydrogen-bond acceptors (Lipinski definition) is 2. The molecule has 1 aliphatic rings. The molecule has 0 amide bonds. The van der Waals surface area contributed by atoms with Crippen LogP contribution in [0.3, 0.4) is 0 Å². The second kappa shape index (κ2) is 5.81. The quantitative estimate of drug-likeness (QED) is 0.912. The molecule has 0 aromatic heterocycles. The fourth-order valence-corrected chi connectivity index (χ4v) is 4.21. The van der Waals surface area contributed by atoms with E-state index >= 15 is 0 Å². The highest BCUT2D eigenvalue weighted by atomic mass is 32.2. The van der Waals surface area contributed by atoms with E-state index in [1.54, 1.807) is 0 Å². The molecule has 0 saturated heterocycles. The van der Waals surface area contributed by atoms with Crippen molar-refractivity contribution in [2.24, 2.45) is 5.73 Å². The molecule has 3 rings (SSSR count).